The van der Waals surface area contributed by atoms with Crippen molar-refractivity contribution in [1.29, 1.82) is 0 Å². The number of methoxy groups -OCH3 is 2. The highest BCUT2D eigenvalue weighted by Gasteiger charge is 2.35. The van der Waals surface area contributed by atoms with E-state index in [9.17, 15) is 4.79 Å². The van der Waals surface area contributed by atoms with Gasteiger partial charge in [0.1, 0.15) is 5.56 Å². The second-order valence-corrected chi connectivity index (χ2v) is 5.64. The molecular formula is C16H13Cl2NO4. The maximum absolute atomic E-state index is 12.2. The molecule has 1 aliphatic heterocycles. The molecule has 1 aliphatic rings. The number of carbonyl (C=O) groups excluding carboxylic acids is 1. The quantitative estimate of drug-likeness (QED) is 0.830. The lowest BCUT2D eigenvalue weighted by molar-refractivity contribution is 0.0435. The molecule has 1 heterocycles. The zero-order valence-corrected chi connectivity index (χ0v) is 13.9. The molecule has 0 amide bonds. The predicted molar refractivity (Wildman–Crippen MR) is 87.8 cm³/mol. The number of ether oxygens (including phenoxy) is 3. The van der Waals surface area contributed by atoms with Crippen molar-refractivity contribution < 1.29 is 19.0 Å². The Morgan fingerprint density at radius 2 is 1.87 bits per heavy atom. The largest absolute Gasteiger partial charge is 0.493 e. The zero-order chi connectivity index (χ0) is 16.6. The van der Waals surface area contributed by atoms with Crippen LogP contribution in [0.2, 0.25) is 10.0 Å². The van der Waals surface area contributed by atoms with Gasteiger partial charge >= 0.3 is 5.97 Å². The van der Waals surface area contributed by atoms with Crippen LogP contribution in [0.5, 0.6) is 11.5 Å². The molecule has 23 heavy (non-hydrogen) atoms. The fraction of sp³-hybridized carbons (Fsp3) is 0.188. The van der Waals surface area contributed by atoms with Gasteiger partial charge in [-0.1, -0.05) is 23.2 Å². The Hall–Kier alpha value is -2.11. The highest BCUT2D eigenvalue weighted by Crippen LogP contribution is 2.42. The highest BCUT2D eigenvalue weighted by molar-refractivity contribution is 6.42. The molecule has 0 bridgehead atoms. The van der Waals surface area contributed by atoms with Crippen molar-refractivity contribution in [1.82, 2.24) is 0 Å². The Balaban J connectivity index is 1.97. The molecule has 7 heteroatoms. The fourth-order valence-corrected chi connectivity index (χ4v) is 2.74. The summed E-state index contributed by atoms with van der Waals surface area (Å²) in [5, 5.41) is 3.96. The third kappa shape index (κ3) is 2.78. The van der Waals surface area contributed by atoms with Gasteiger partial charge in [-0.25, -0.2) is 4.79 Å². The minimum atomic E-state index is -0.644. The average molecular weight is 354 g/mol. The number of anilines is 1. The number of esters is 1. The van der Waals surface area contributed by atoms with Crippen LogP contribution in [0.15, 0.2) is 30.3 Å². The van der Waals surface area contributed by atoms with Crippen molar-refractivity contribution in [2.24, 2.45) is 0 Å². The average Bonchev–Trinajstić information content (AvgIpc) is 2.86. The smallest absolute Gasteiger partial charge is 0.344 e. The summed E-state index contributed by atoms with van der Waals surface area (Å²) in [5.41, 5.74) is 1.70. The SMILES string of the molecule is COc1ccc2c(c1OC)C(=O)O[C@@H]2Nc1ccc(Cl)c(Cl)c1. The first kappa shape index (κ1) is 15.8. The maximum atomic E-state index is 12.2. The predicted octanol–water partition coefficient (Wildman–Crippen LogP) is 4.29. The van der Waals surface area contributed by atoms with Crippen molar-refractivity contribution in [3.8, 4) is 11.5 Å². The number of rotatable bonds is 4. The van der Waals surface area contributed by atoms with E-state index in [1.807, 2.05) is 0 Å². The Labute approximate surface area is 143 Å². The summed E-state index contributed by atoms with van der Waals surface area (Å²) in [6.07, 6.45) is -0.644. The number of hydrogen-bond donors (Lipinski definition) is 1. The van der Waals surface area contributed by atoms with Gasteiger partial charge in [-0.15, -0.1) is 0 Å². The van der Waals surface area contributed by atoms with Gasteiger partial charge in [0.2, 0.25) is 6.23 Å². The van der Waals surface area contributed by atoms with Gasteiger partial charge < -0.3 is 19.5 Å². The third-order valence-corrected chi connectivity index (χ3v) is 4.25. The lowest BCUT2D eigenvalue weighted by atomic mass is 10.1. The topological polar surface area (TPSA) is 56.8 Å². The normalized spacial score (nSPS) is 15.8. The molecule has 120 valence electrons. The van der Waals surface area contributed by atoms with Gasteiger partial charge in [-0.2, -0.15) is 0 Å². The summed E-state index contributed by atoms with van der Waals surface area (Å²) in [5.74, 6) is 0.347. The zero-order valence-electron chi connectivity index (χ0n) is 12.4. The standard InChI is InChI=1S/C16H13Cl2NO4/c1-21-12-6-4-9-13(14(12)22-2)16(20)23-15(9)19-8-3-5-10(17)11(18)7-8/h3-7,15,19H,1-2H3/t15-/m0/s1. The van der Waals surface area contributed by atoms with Gasteiger partial charge in [-0.3, -0.25) is 0 Å². The second kappa shape index (κ2) is 6.18. The molecule has 0 aromatic heterocycles. The van der Waals surface area contributed by atoms with E-state index in [4.69, 9.17) is 37.4 Å². The minimum Gasteiger partial charge on any atom is -0.493 e. The molecule has 1 N–H and O–H groups in total. The Morgan fingerprint density at radius 1 is 1.09 bits per heavy atom. The van der Waals surface area contributed by atoms with E-state index >= 15 is 0 Å². The van der Waals surface area contributed by atoms with E-state index in [0.717, 1.165) is 0 Å². The molecule has 0 saturated carbocycles. The Bertz CT molecular complexity index is 779. The van der Waals surface area contributed by atoms with Crippen LogP contribution in [0, 0.1) is 0 Å². The van der Waals surface area contributed by atoms with Gasteiger partial charge in [-0.05, 0) is 30.3 Å². The monoisotopic (exact) mass is 353 g/mol. The number of fused-ring (bicyclic) bond motifs is 1. The molecule has 0 fully saturated rings. The van der Waals surface area contributed by atoms with Gasteiger partial charge in [0.15, 0.2) is 11.5 Å². The summed E-state index contributed by atoms with van der Waals surface area (Å²) in [4.78, 5) is 12.2. The molecule has 5 nitrogen and oxygen atoms in total. The van der Waals surface area contributed by atoms with Gasteiger partial charge in [0.05, 0.1) is 24.3 Å². The van der Waals surface area contributed by atoms with Gasteiger partial charge in [0, 0.05) is 11.3 Å². The third-order valence-electron chi connectivity index (χ3n) is 3.51. The van der Waals surface area contributed by atoms with Crippen LogP contribution >= 0.6 is 23.2 Å². The molecule has 0 radical (unpaired) electrons. The van der Waals surface area contributed by atoms with Crippen molar-refractivity contribution >= 4 is 34.9 Å². The van der Waals surface area contributed by atoms with Crippen LogP contribution in [0.3, 0.4) is 0 Å². The van der Waals surface area contributed by atoms with E-state index in [1.54, 1.807) is 30.3 Å². The molecule has 0 saturated heterocycles. The highest BCUT2D eigenvalue weighted by atomic mass is 35.5. The molecule has 0 spiro atoms. The number of nitrogens with one attached hydrogen (secondary N) is 1. The lowest BCUT2D eigenvalue weighted by Crippen LogP contribution is -2.10. The van der Waals surface area contributed by atoms with Gasteiger partial charge in [0.25, 0.3) is 0 Å². The maximum Gasteiger partial charge on any atom is 0.344 e. The van der Waals surface area contributed by atoms with E-state index in [0.29, 0.717) is 38.4 Å². The summed E-state index contributed by atoms with van der Waals surface area (Å²) in [6, 6.07) is 8.57. The fourth-order valence-electron chi connectivity index (χ4n) is 2.45. The van der Waals surface area contributed by atoms with E-state index in [-0.39, 0.29) is 0 Å². The van der Waals surface area contributed by atoms with Crippen molar-refractivity contribution in [3.05, 3.63) is 51.5 Å². The van der Waals surface area contributed by atoms with Crippen LogP contribution < -0.4 is 14.8 Å². The number of carbonyl (C=O) groups is 1. The van der Waals surface area contributed by atoms with Crippen molar-refractivity contribution in [2.45, 2.75) is 6.23 Å². The minimum absolute atomic E-state index is 0.351. The summed E-state index contributed by atoms with van der Waals surface area (Å²) < 4.78 is 15.9. The molecule has 0 unspecified atom stereocenters. The van der Waals surface area contributed by atoms with Crippen LogP contribution in [0.25, 0.3) is 0 Å². The Morgan fingerprint density at radius 3 is 2.52 bits per heavy atom. The summed E-state index contributed by atoms with van der Waals surface area (Å²) >= 11 is 11.9. The number of benzene rings is 2. The van der Waals surface area contributed by atoms with E-state index < -0.39 is 12.2 Å². The summed E-state index contributed by atoms with van der Waals surface area (Å²) in [7, 11) is 2.99. The van der Waals surface area contributed by atoms with E-state index in [2.05, 4.69) is 5.32 Å². The molecule has 1 atom stereocenters. The molecule has 2 aromatic carbocycles. The lowest BCUT2D eigenvalue weighted by Gasteiger charge is -2.15. The van der Waals surface area contributed by atoms with Crippen LogP contribution in [-0.2, 0) is 4.74 Å². The second-order valence-electron chi connectivity index (χ2n) is 4.82. The summed E-state index contributed by atoms with van der Waals surface area (Å²) in [6.45, 7) is 0. The number of hydrogen-bond acceptors (Lipinski definition) is 5. The molecule has 0 aliphatic carbocycles. The van der Waals surface area contributed by atoms with E-state index in [1.165, 1.54) is 14.2 Å². The first-order chi connectivity index (χ1) is 11.0. The van der Waals surface area contributed by atoms with Crippen LogP contribution in [0.1, 0.15) is 22.1 Å². The first-order valence-corrected chi connectivity index (χ1v) is 7.48. The van der Waals surface area contributed by atoms with Crippen molar-refractivity contribution in [2.75, 3.05) is 19.5 Å². The van der Waals surface area contributed by atoms with Crippen LogP contribution in [0.4, 0.5) is 5.69 Å². The molecule has 2 aromatic rings. The Kier molecular flexibility index (Phi) is 4.24. The molecular weight excluding hydrogens is 341 g/mol. The van der Waals surface area contributed by atoms with Crippen molar-refractivity contribution in [3.63, 3.8) is 0 Å². The molecule has 3 rings (SSSR count). The first-order valence-electron chi connectivity index (χ1n) is 6.72. The number of cyclic esters (lactones) is 1. The number of halogens is 2. The van der Waals surface area contributed by atoms with Crippen LogP contribution in [-0.4, -0.2) is 20.2 Å².